The van der Waals surface area contributed by atoms with Gasteiger partial charge >= 0.3 is 0 Å². The Bertz CT molecular complexity index is 823. The molecule has 2 aromatic rings. The Morgan fingerprint density at radius 3 is 2.39 bits per heavy atom. The van der Waals surface area contributed by atoms with Crippen molar-refractivity contribution in [3.63, 3.8) is 0 Å². The third kappa shape index (κ3) is 4.53. The van der Waals surface area contributed by atoms with Gasteiger partial charge in [0, 0.05) is 12.6 Å². The van der Waals surface area contributed by atoms with E-state index in [1.165, 1.54) is 43.0 Å². The molecule has 0 saturated heterocycles. The van der Waals surface area contributed by atoms with Crippen LogP contribution in [0, 0.1) is 0 Å². The third-order valence-corrected chi connectivity index (χ3v) is 4.42. The number of nitrogens with two attached hydrogens (primary N) is 1. The zero-order chi connectivity index (χ0) is 17.0. The van der Waals surface area contributed by atoms with Crippen LogP contribution in [0.25, 0.3) is 0 Å². The maximum atomic E-state index is 12.3. The van der Waals surface area contributed by atoms with E-state index < -0.39 is 10.0 Å². The van der Waals surface area contributed by atoms with Crippen molar-refractivity contribution in [2.24, 2.45) is 0 Å². The van der Waals surface area contributed by atoms with Gasteiger partial charge in [0.25, 0.3) is 10.0 Å². The Labute approximate surface area is 137 Å². The first-order valence-electron chi connectivity index (χ1n) is 6.26. The minimum Gasteiger partial charge on any atom is -0.368 e. The first-order valence-corrected chi connectivity index (χ1v) is 8.97. The largest absolute Gasteiger partial charge is 0.368 e. The highest BCUT2D eigenvalue weighted by molar-refractivity contribution is 7.98. The van der Waals surface area contributed by atoms with E-state index in [2.05, 4.69) is 25.0 Å². The molecule has 0 aliphatic carbocycles. The summed E-state index contributed by atoms with van der Waals surface area (Å²) in [6, 6.07) is 5.66. The molecule has 0 unspecified atom stereocenters. The van der Waals surface area contributed by atoms with Crippen LogP contribution in [0.15, 0.2) is 34.3 Å². The summed E-state index contributed by atoms with van der Waals surface area (Å²) < 4.78 is 26.8. The predicted molar refractivity (Wildman–Crippen MR) is 87.6 cm³/mol. The standard InChI is InChI=1S/C12H14N6O3S2/c1-7(19)14-8-3-5-9(6-4-8)23(20,21)18-11-15-10(13)16-12(17-11)22-2/h3-6H,1-2H3,(H,14,19)(H3,13,15,16,17,18). The van der Waals surface area contributed by atoms with E-state index in [-0.39, 0.29) is 22.7 Å². The van der Waals surface area contributed by atoms with Crippen molar-refractivity contribution in [3.8, 4) is 0 Å². The van der Waals surface area contributed by atoms with Crippen molar-refractivity contribution in [3.05, 3.63) is 24.3 Å². The molecule has 0 fully saturated rings. The number of nitrogen functional groups attached to an aromatic ring is 1. The molecule has 122 valence electrons. The quantitative estimate of drug-likeness (QED) is 0.674. The summed E-state index contributed by atoms with van der Waals surface area (Å²) in [5, 5.41) is 2.85. The van der Waals surface area contributed by atoms with E-state index in [1.807, 2.05) is 0 Å². The highest BCUT2D eigenvalue weighted by atomic mass is 32.2. The average Bonchev–Trinajstić information content (AvgIpc) is 2.46. The maximum absolute atomic E-state index is 12.3. The molecule has 0 aliphatic heterocycles. The molecule has 0 bridgehead atoms. The number of carbonyl (C=O) groups excluding carboxylic acids is 1. The fraction of sp³-hybridized carbons (Fsp3) is 0.167. The molecule has 0 aliphatic rings. The van der Waals surface area contributed by atoms with E-state index in [4.69, 9.17) is 5.73 Å². The third-order valence-electron chi connectivity index (χ3n) is 2.53. The van der Waals surface area contributed by atoms with Crippen molar-refractivity contribution in [1.29, 1.82) is 0 Å². The lowest BCUT2D eigenvalue weighted by Crippen LogP contribution is -2.16. The van der Waals surface area contributed by atoms with Gasteiger partial charge in [0.15, 0.2) is 5.16 Å². The molecule has 0 spiro atoms. The van der Waals surface area contributed by atoms with Gasteiger partial charge in [-0.2, -0.15) is 15.0 Å². The van der Waals surface area contributed by atoms with Gasteiger partial charge in [-0.05, 0) is 30.5 Å². The predicted octanol–water partition coefficient (Wildman–Crippen LogP) is 0.935. The molecule has 0 saturated carbocycles. The summed E-state index contributed by atoms with van der Waals surface area (Å²) in [6.07, 6.45) is 1.73. The molecule has 0 radical (unpaired) electrons. The van der Waals surface area contributed by atoms with Crippen LogP contribution in [-0.4, -0.2) is 35.5 Å². The van der Waals surface area contributed by atoms with E-state index in [1.54, 1.807) is 6.26 Å². The minimum absolute atomic E-state index is 0.00344. The summed E-state index contributed by atoms with van der Waals surface area (Å²) in [6.45, 7) is 1.36. The van der Waals surface area contributed by atoms with E-state index in [0.29, 0.717) is 10.8 Å². The summed E-state index contributed by atoms with van der Waals surface area (Å²) in [5.74, 6) is -0.486. The lowest BCUT2D eigenvalue weighted by molar-refractivity contribution is -0.114. The molecule has 1 aromatic carbocycles. The molecular weight excluding hydrogens is 340 g/mol. The Morgan fingerprint density at radius 1 is 1.17 bits per heavy atom. The highest BCUT2D eigenvalue weighted by Gasteiger charge is 2.17. The number of benzene rings is 1. The smallest absolute Gasteiger partial charge is 0.264 e. The molecular formula is C12H14N6O3S2. The number of amides is 1. The minimum atomic E-state index is -3.88. The number of sulfonamides is 1. The first-order chi connectivity index (χ1) is 10.8. The van der Waals surface area contributed by atoms with E-state index in [0.717, 1.165) is 0 Å². The van der Waals surface area contributed by atoms with Crippen LogP contribution in [0.1, 0.15) is 6.92 Å². The number of nitrogens with zero attached hydrogens (tertiary/aromatic N) is 3. The lowest BCUT2D eigenvalue weighted by Gasteiger charge is -2.08. The number of aromatic nitrogens is 3. The maximum Gasteiger partial charge on any atom is 0.264 e. The molecule has 1 heterocycles. The van der Waals surface area contributed by atoms with Gasteiger partial charge in [-0.25, -0.2) is 13.1 Å². The van der Waals surface area contributed by atoms with Gasteiger partial charge in [0.2, 0.25) is 17.8 Å². The molecule has 2 rings (SSSR count). The Kier molecular flexibility index (Phi) is 5.01. The van der Waals surface area contributed by atoms with Crippen LogP contribution in [0.3, 0.4) is 0 Å². The summed E-state index contributed by atoms with van der Waals surface area (Å²) in [5.41, 5.74) is 6.00. The first kappa shape index (κ1) is 17.0. The van der Waals surface area contributed by atoms with Crippen LogP contribution < -0.4 is 15.8 Å². The number of hydrogen-bond acceptors (Lipinski definition) is 8. The molecule has 4 N–H and O–H groups in total. The molecule has 0 atom stereocenters. The fourth-order valence-electron chi connectivity index (χ4n) is 1.61. The monoisotopic (exact) mass is 354 g/mol. The van der Waals surface area contributed by atoms with Crippen molar-refractivity contribution in [2.75, 3.05) is 22.0 Å². The topological polar surface area (TPSA) is 140 Å². The fourth-order valence-corrected chi connectivity index (χ4v) is 2.92. The molecule has 23 heavy (non-hydrogen) atoms. The number of hydrogen-bond donors (Lipinski definition) is 3. The Balaban J connectivity index is 2.25. The Morgan fingerprint density at radius 2 is 1.83 bits per heavy atom. The van der Waals surface area contributed by atoms with Crippen LogP contribution in [0.5, 0.6) is 0 Å². The second-order valence-electron chi connectivity index (χ2n) is 4.31. The van der Waals surface area contributed by atoms with Crippen molar-refractivity contribution >= 4 is 45.3 Å². The summed E-state index contributed by atoms with van der Waals surface area (Å²) in [7, 11) is -3.88. The van der Waals surface area contributed by atoms with E-state index in [9.17, 15) is 13.2 Å². The number of nitrogens with one attached hydrogen (secondary N) is 2. The van der Waals surface area contributed by atoms with Crippen molar-refractivity contribution < 1.29 is 13.2 Å². The van der Waals surface area contributed by atoms with Gasteiger partial charge in [-0.3, -0.25) is 4.79 Å². The number of rotatable bonds is 5. The SMILES string of the molecule is CSc1nc(N)nc(NS(=O)(=O)c2ccc(NC(C)=O)cc2)n1. The average molecular weight is 354 g/mol. The lowest BCUT2D eigenvalue weighted by atomic mass is 10.3. The number of carbonyl (C=O) groups is 1. The van der Waals surface area contributed by atoms with Gasteiger partial charge in [-0.1, -0.05) is 11.8 Å². The van der Waals surface area contributed by atoms with Gasteiger partial charge < -0.3 is 11.1 Å². The molecule has 1 aromatic heterocycles. The normalized spacial score (nSPS) is 11.0. The van der Waals surface area contributed by atoms with Gasteiger partial charge in [0.05, 0.1) is 4.90 Å². The van der Waals surface area contributed by atoms with E-state index >= 15 is 0 Å². The zero-order valence-corrected chi connectivity index (χ0v) is 13.9. The number of anilines is 3. The molecule has 11 heteroatoms. The molecule has 9 nitrogen and oxygen atoms in total. The van der Waals surface area contributed by atoms with Crippen LogP contribution in [0.2, 0.25) is 0 Å². The van der Waals surface area contributed by atoms with Gasteiger partial charge in [-0.15, -0.1) is 0 Å². The molecule has 1 amide bonds. The summed E-state index contributed by atoms with van der Waals surface area (Å²) in [4.78, 5) is 22.5. The summed E-state index contributed by atoms with van der Waals surface area (Å²) >= 11 is 1.21. The zero-order valence-electron chi connectivity index (χ0n) is 12.3. The Hall–Kier alpha value is -2.40. The van der Waals surface area contributed by atoms with Gasteiger partial charge in [0.1, 0.15) is 0 Å². The number of thioether (sulfide) groups is 1. The second kappa shape index (κ2) is 6.79. The van der Waals surface area contributed by atoms with Crippen LogP contribution >= 0.6 is 11.8 Å². The second-order valence-corrected chi connectivity index (χ2v) is 6.77. The van der Waals surface area contributed by atoms with Crippen molar-refractivity contribution in [2.45, 2.75) is 17.0 Å². The van der Waals surface area contributed by atoms with Crippen LogP contribution in [-0.2, 0) is 14.8 Å². The van der Waals surface area contributed by atoms with Crippen LogP contribution in [0.4, 0.5) is 17.6 Å². The highest BCUT2D eigenvalue weighted by Crippen LogP contribution is 2.18. The van der Waals surface area contributed by atoms with Crippen molar-refractivity contribution in [1.82, 2.24) is 15.0 Å².